The predicted octanol–water partition coefficient (Wildman–Crippen LogP) is 1.88. The van der Waals surface area contributed by atoms with E-state index in [4.69, 9.17) is 10.5 Å². The molecule has 0 bridgehead atoms. The fourth-order valence-corrected chi connectivity index (χ4v) is 2.12. The Morgan fingerprint density at radius 1 is 1.35 bits per heavy atom. The van der Waals surface area contributed by atoms with Gasteiger partial charge in [0.15, 0.2) is 0 Å². The summed E-state index contributed by atoms with van der Waals surface area (Å²) in [6.45, 7) is 6.23. The Hall–Kier alpha value is -1.88. The number of para-hydroxylation sites is 2. The Kier molecular flexibility index (Phi) is 4.09. The van der Waals surface area contributed by atoms with Crippen molar-refractivity contribution < 1.29 is 9.53 Å². The normalized spacial score (nSPS) is 11.8. The molecular weight excluding hydrogens is 254 g/mol. The molecule has 0 unspecified atom stereocenters. The maximum Gasteiger partial charge on any atom is 0.326 e. The van der Waals surface area contributed by atoms with Crippen LogP contribution in [-0.4, -0.2) is 27.7 Å². The number of hydrogen-bond acceptors (Lipinski definition) is 4. The molecule has 0 aliphatic rings. The van der Waals surface area contributed by atoms with Gasteiger partial charge in [0.2, 0.25) is 0 Å². The fourth-order valence-electron chi connectivity index (χ4n) is 2.12. The first kappa shape index (κ1) is 14.5. The molecule has 0 spiro atoms. The first-order chi connectivity index (χ1) is 9.40. The molecule has 5 nitrogen and oxygen atoms in total. The van der Waals surface area contributed by atoms with Gasteiger partial charge in [0.05, 0.1) is 11.0 Å². The Bertz CT molecular complexity index is 611. The lowest BCUT2D eigenvalue weighted by atomic mass is 10.2. The SMILES string of the molecule is CC(C)(C)OC(=O)Cn1c(CCN)nc2ccccc21. The van der Waals surface area contributed by atoms with E-state index in [9.17, 15) is 4.79 Å². The molecule has 0 radical (unpaired) electrons. The van der Waals surface area contributed by atoms with Crippen molar-refractivity contribution in [3.05, 3.63) is 30.1 Å². The number of carbonyl (C=O) groups excluding carboxylic acids is 1. The second-order valence-corrected chi connectivity index (χ2v) is 5.73. The lowest BCUT2D eigenvalue weighted by Gasteiger charge is -2.20. The molecule has 1 aromatic carbocycles. The molecule has 0 saturated heterocycles. The predicted molar refractivity (Wildman–Crippen MR) is 78.3 cm³/mol. The second-order valence-electron chi connectivity index (χ2n) is 5.73. The van der Waals surface area contributed by atoms with Gasteiger partial charge in [-0.05, 0) is 39.4 Å². The summed E-state index contributed by atoms with van der Waals surface area (Å²) < 4.78 is 7.26. The van der Waals surface area contributed by atoms with Crippen LogP contribution in [-0.2, 0) is 22.5 Å². The molecule has 2 rings (SSSR count). The number of nitrogens with zero attached hydrogens (tertiary/aromatic N) is 2. The van der Waals surface area contributed by atoms with Gasteiger partial charge >= 0.3 is 5.97 Å². The monoisotopic (exact) mass is 275 g/mol. The smallest absolute Gasteiger partial charge is 0.326 e. The standard InChI is InChI=1S/C15H21N3O2/c1-15(2,3)20-14(19)10-18-12-7-5-4-6-11(12)17-13(18)8-9-16/h4-7H,8-10,16H2,1-3H3. The molecule has 20 heavy (non-hydrogen) atoms. The van der Waals surface area contributed by atoms with Crippen LogP contribution < -0.4 is 5.73 Å². The van der Waals surface area contributed by atoms with E-state index in [0.29, 0.717) is 13.0 Å². The van der Waals surface area contributed by atoms with Crippen molar-refractivity contribution in [1.29, 1.82) is 0 Å². The maximum atomic E-state index is 12.0. The molecule has 0 amide bonds. The van der Waals surface area contributed by atoms with Crippen LogP contribution in [0.2, 0.25) is 0 Å². The summed E-state index contributed by atoms with van der Waals surface area (Å²) in [5.41, 5.74) is 6.94. The molecule has 0 saturated carbocycles. The summed E-state index contributed by atoms with van der Waals surface area (Å²) in [6.07, 6.45) is 0.636. The number of fused-ring (bicyclic) bond motifs is 1. The van der Waals surface area contributed by atoms with Gasteiger partial charge in [0.1, 0.15) is 18.0 Å². The van der Waals surface area contributed by atoms with Crippen LogP contribution in [0.5, 0.6) is 0 Å². The lowest BCUT2D eigenvalue weighted by Crippen LogP contribution is -2.27. The van der Waals surface area contributed by atoms with Gasteiger partial charge in [-0.3, -0.25) is 4.79 Å². The van der Waals surface area contributed by atoms with Gasteiger partial charge in [-0.15, -0.1) is 0 Å². The first-order valence-corrected chi connectivity index (χ1v) is 6.77. The highest BCUT2D eigenvalue weighted by Gasteiger charge is 2.19. The summed E-state index contributed by atoms with van der Waals surface area (Å²) >= 11 is 0. The minimum absolute atomic E-state index is 0.160. The van der Waals surface area contributed by atoms with Crippen molar-refractivity contribution in [3.63, 3.8) is 0 Å². The van der Waals surface area contributed by atoms with Crippen LogP contribution in [0.15, 0.2) is 24.3 Å². The number of rotatable bonds is 4. The van der Waals surface area contributed by atoms with Crippen LogP contribution in [0.1, 0.15) is 26.6 Å². The summed E-state index contributed by atoms with van der Waals surface area (Å²) in [5, 5.41) is 0. The number of imidazole rings is 1. The molecule has 0 aliphatic heterocycles. The zero-order chi connectivity index (χ0) is 14.8. The van der Waals surface area contributed by atoms with E-state index in [1.54, 1.807) is 0 Å². The van der Waals surface area contributed by atoms with Crippen molar-refractivity contribution in [2.24, 2.45) is 5.73 Å². The van der Waals surface area contributed by atoms with Gasteiger partial charge in [0.25, 0.3) is 0 Å². The third-order valence-electron chi connectivity index (χ3n) is 2.81. The highest BCUT2D eigenvalue weighted by molar-refractivity contribution is 5.79. The number of esters is 1. The number of hydrogen-bond donors (Lipinski definition) is 1. The van der Waals surface area contributed by atoms with Crippen molar-refractivity contribution in [3.8, 4) is 0 Å². The fraction of sp³-hybridized carbons (Fsp3) is 0.467. The van der Waals surface area contributed by atoms with E-state index >= 15 is 0 Å². The van der Waals surface area contributed by atoms with E-state index < -0.39 is 5.60 Å². The minimum atomic E-state index is -0.485. The average molecular weight is 275 g/mol. The van der Waals surface area contributed by atoms with Gasteiger partial charge in [-0.2, -0.15) is 0 Å². The van der Waals surface area contributed by atoms with Gasteiger partial charge in [-0.25, -0.2) is 4.98 Å². The molecule has 2 N–H and O–H groups in total. The largest absolute Gasteiger partial charge is 0.459 e. The lowest BCUT2D eigenvalue weighted by molar-refractivity contribution is -0.155. The summed E-state index contributed by atoms with van der Waals surface area (Å²) in [6, 6.07) is 7.74. The third-order valence-corrected chi connectivity index (χ3v) is 2.81. The van der Waals surface area contributed by atoms with Gasteiger partial charge in [-0.1, -0.05) is 12.1 Å². The van der Waals surface area contributed by atoms with Crippen molar-refractivity contribution in [2.75, 3.05) is 6.54 Å². The van der Waals surface area contributed by atoms with Crippen LogP contribution in [0.3, 0.4) is 0 Å². The molecule has 1 aromatic heterocycles. The van der Waals surface area contributed by atoms with E-state index in [1.807, 2.05) is 49.6 Å². The number of carbonyl (C=O) groups is 1. The summed E-state index contributed by atoms with van der Waals surface area (Å²) in [5.74, 6) is 0.554. The number of benzene rings is 1. The van der Waals surface area contributed by atoms with E-state index in [1.165, 1.54) is 0 Å². The average Bonchev–Trinajstić information content (AvgIpc) is 2.66. The van der Waals surface area contributed by atoms with Crippen molar-refractivity contribution in [1.82, 2.24) is 9.55 Å². The number of nitrogens with two attached hydrogens (primary N) is 1. The van der Waals surface area contributed by atoms with Crippen molar-refractivity contribution in [2.45, 2.75) is 39.3 Å². The second kappa shape index (κ2) is 5.63. The zero-order valence-corrected chi connectivity index (χ0v) is 12.2. The van der Waals surface area contributed by atoms with Crippen LogP contribution in [0.25, 0.3) is 11.0 Å². The Morgan fingerprint density at radius 2 is 2.05 bits per heavy atom. The third kappa shape index (κ3) is 3.36. The highest BCUT2D eigenvalue weighted by atomic mass is 16.6. The quantitative estimate of drug-likeness (QED) is 0.865. The number of aromatic nitrogens is 2. The zero-order valence-electron chi connectivity index (χ0n) is 12.2. The molecular formula is C15H21N3O2. The summed E-state index contributed by atoms with van der Waals surface area (Å²) in [7, 11) is 0. The Labute approximate surface area is 118 Å². The molecule has 108 valence electrons. The Morgan fingerprint density at radius 3 is 2.70 bits per heavy atom. The van der Waals surface area contributed by atoms with Crippen LogP contribution >= 0.6 is 0 Å². The molecule has 2 aromatic rings. The molecule has 1 heterocycles. The topological polar surface area (TPSA) is 70.1 Å². The first-order valence-electron chi connectivity index (χ1n) is 6.77. The number of ether oxygens (including phenoxy) is 1. The van der Waals surface area contributed by atoms with E-state index in [2.05, 4.69) is 4.98 Å². The van der Waals surface area contributed by atoms with Crippen molar-refractivity contribution >= 4 is 17.0 Å². The summed E-state index contributed by atoms with van der Waals surface area (Å²) in [4.78, 5) is 16.6. The van der Waals surface area contributed by atoms with E-state index in [0.717, 1.165) is 16.9 Å². The minimum Gasteiger partial charge on any atom is -0.459 e. The van der Waals surface area contributed by atoms with Gasteiger partial charge in [0, 0.05) is 6.42 Å². The molecule has 0 fully saturated rings. The van der Waals surface area contributed by atoms with Gasteiger partial charge < -0.3 is 15.0 Å². The molecule has 0 atom stereocenters. The maximum absolute atomic E-state index is 12.0. The highest BCUT2D eigenvalue weighted by Crippen LogP contribution is 2.17. The Balaban J connectivity index is 2.31. The van der Waals surface area contributed by atoms with E-state index in [-0.39, 0.29) is 12.5 Å². The molecule has 5 heteroatoms. The van der Waals surface area contributed by atoms with Crippen LogP contribution in [0.4, 0.5) is 0 Å². The van der Waals surface area contributed by atoms with Crippen LogP contribution in [0, 0.1) is 0 Å². The molecule has 0 aliphatic carbocycles.